The van der Waals surface area contributed by atoms with Crippen molar-refractivity contribution in [1.82, 2.24) is 10.2 Å². The number of carbonyl (C=O) groups excluding carboxylic acids is 1. The molecule has 0 aromatic heterocycles. The van der Waals surface area contributed by atoms with E-state index in [-0.39, 0.29) is 30.7 Å². The molecule has 1 rings (SSSR count). The van der Waals surface area contributed by atoms with Crippen LogP contribution in [-0.4, -0.2) is 36.5 Å². The Morgan fingerprint density at radius 2 is 2.07 bits per heavy atom. The second-order valence-corrected chi connectivity index (χ2v) is 3.66. The van der Waals surface area contributed by atoms with E-state index in [1.807, 2.05) is 11.8 Å². The molecule has 0 bridgehead atoms. The lowest BCUT2D eigenvalue weighted by molar-refractivity contribution is -0.133. The summed E-state index contributed by atoms with van der Waals surface area (Å²) >= 11 is 0. The maximum absolute atomic E-state index is 11.3. The predicted octanol–water partition coefficient (Wildman–Crippen LogP) is 1.31. The van der Waals surface area contributed by atoms with Crippen molar-refractivity contribution < 1.29 is 4.79 Å². The smallest absolute Gasteiger partial charge is 0.236 e. The lowest BCUT2D eigenvalue weighted by atomic mass is 10.0. The van der Waals surface area contributed by atoms with Crippen LogP contribution in [0.15, 0.2) is 0 Å². The summed E-state index contributed by atoms with van der Waals surface area (Å²) in [6.45, 7) is 8.61. The second-order valence-electron chi connectivity index (χ2n) is 3.66. The minimum atomic E-state index is 0. The van der Waals surface area contributed by atoms with Crippen LogP contribution in [0, 0.1) is 5.92 Å². The molecule has 1 fully saturated rings. The molecular formula is C9H20Cl2N2O. The maximum atomic E-state index is 11.3. The molecule has 0 unspecified atom stereocenters. The van der Waals surface area contributed by atoms with Gasteiger partial charge in [0, 0.05) is 19.1 Å². The summed E-state index contributed by atoms with van der Waals surface area (Å²) in [5.74, 6) is 0.835. The first-order valence-electron chi connectivity index (χ1n) is 4.66. The molecule has 5 heteroatoms. The highest BCUT2D eigenvalue weighted by Gasteiger charge is 2.25. The fraction of sp³-hybridized carbons (Fsp3) is 0.889. The lowest BCUT2D eigenvalue weighted by Crippen LogP contribution is -2.55. The lowest BCUT2D eigenvalue weighted by Gasteiger charge is -2.34. The van der Waals surface area contributed by atoms with E-state index < -0.39 is 0 Å². The fourth-order valence-corrected chi connectivity index (χ4v) is 1.49. The van der Waals surface area contributed by atoms with Gasteiger partial charge in [-0.15, -0.1) is 24.8 Å². The van der Waals surface area contributed by atoms with E-state index in [0.717, 1.165) is 13.1 Å². The van der Waals surface area contributed by atoms with Crippen LogP contribution in [0.1, 0.15) is 20.8 Å². The Morgan fingerprint density at radius 1 is 1.50 bits per heavy atom. The topological polar surface area (TPSA) is 32.3 Å². The van der Waals surface area contributed by atoms with Crippen LogP contribution in [0.3, 0.4) is 0 Å². The first-order chi connectivity index (χ1) is 5.65. The van der Waals surface area contributed by atoms with Gasteiger partial charge in [-0.25, -0.2) is 0 Å². The summed E-state index contributed by atoms with van der Waals surface area (Å²) in [6.07, 6.45) is 0. The van der Waals surface area contributed by atoms with Gasteiger partial charge in [0.05, 0.1) is 6.54 Å². The van der Waals surface area contributed by atoms with Crippen LogP contribution >= 0.6 is 24.8 Å². The number of nitrogens with zero attached hydrogens (tertiary/aromatic N) is 1. The number of nitrogens with one attached hydrogen (secondary N) is 1. The quantitative estimate of drug-likeness (QED) is 0.793. The van der Waals surface area contributed by atoms with Gasteiger partial charge in [-0.3, -0.25) is 4.79 Å². The third-order valence-corrected chi connectivity index (χ3v) is 2.47. The molecule has 1 aliphatic rings. The van der Waals surface area contributed by atoms with Crippen molar-refractivity contribution >= 4 is 30.7 Å². The molecule has 1 heterocycles. The van der Waals surface area contributed by atoms with Crippen LogP contribution in [0.5, 0.6) is 0 Å². The zero-order chi connectivity index (χ0) is 9.14. The summed E-state index contributed by atoms with van der Waals surface area (Å²) in [5, 5.41) is 3.24. The molecule has 1 aliphatic heterocycles. The highest BCUT2D eigenvalue weighted by molar-refractivity contribution is 5.85. The average Bonchev–Trinajstić information content (AvgIpc) is 2.05. The van der Waals surface area contributed by atoms with E-state index in [9.17, 15) is 4.79 Å². The van der Waals surface area contributed by atoms with Gasteiger partial charge in [-0.2, -0.15) is 0 Å². The van der Waals surface area contributed by atoms with Crippen molar-refractivity contribution in [1.29, 1.82) is 0 Å². The van der Waals surface area contributed by atoms with Crippen LogP contribution in [-0.2, 0) is 4.79 Å². The number of carbonyl (C=O) groups is 1. The van der Waals surface area contributed by atoms with E-state index in [4.69, 9.17) is 0 Å². The SMILES string of the molecule is CCN1C[C@@H](C(C)C)NCC1=O.Cl.Cl. The molecule has 0 aromatic rings. The van der Waals surface area contributed by atoms with Crippen LogP contribution < -0.4 is 5.32 Å². The molecular weight excluding hydrogens is 223 g/mol. The van der Waals surface area contributed by atoms with Crippen molar-refractivity contribution in [3.05, 3.63) is 0 Å². The molecule has 0 radical (unpaired) electrons. The molecule has 0 saturated carbocycles. The Labute approximate surface area is 98.4 Å². The Hall–Kier alpha value is 0.01000. The molecule has 86 valence electrons. The van der Waals surface area contributed by atoms with Gasteiger partial charge in [0.15, 0.2) is 0 Å². The normalized spacial score (nSPS) is 21.6. The highest BCUT2D eigenvalue weighted by Crippen LogP contribution is 2.08. The Bertz CT molecular complexity index is 176. The minimum Gasteiger partial charge on any atom is -0.340 e. The van der Waals surface area contributed by atoms with Crippen LogP contribution in [0.25, 0.3) is 0 Å². The molecule has 0 aromatic carbocycles. The van der Waals surface area contributed by atoms with Crippen LogP contribution in [0.2, 0.25) is 0 Å². The van der Waals surface area contributed by atoms with Crippen molar-refractivity contribution in [3.63, 3.8) is 0 Å². The molecule has 1 N–H and O–H groups in total. The number of halogens is 2. The third-order valence-electron chi connectivity index (χ3n) is 2.47. The number of likely N-dealkylation sites (N-methyl/N-ethyl adjacent to an activating group) is 1. The summed E-state index contributed by atoms with van der Waals surface area (Å²) in [5.41, 5.74) is 0. The first kappa shape index (κ1) is 16.4. The van der Waals surface area contributed by atoms with E-state index in [2.05, 4.69) is 19.2 Å². The van der Waals surface area contributed by atoms with Gasteiger partial charge >= 0.3 is 0 Å². The molecule has 1 saturated heterocycles. The van der Waals surface area contributed by atoms with Crippen molar-refractivity contribution in [3.8, 4) is 0 Å². The minimum absolute atomic E-state index is 0. The van der Waals surface area contributed by atoms with E-state index >= 15 is 0 Å². The van der Waals surface area contributed by atoms with Crippen molar-refractivity contribution in [2.75, 3.05) is 19.6 Å². The van der Waals surface area contributed by atoms with Crippen molar-refractivity contribution in [2.45, 2.75) is 26.8 Å². The maximum Gasteiger partial charge on any atom is 0.236 e. The fourth-order valence-electron chi connectivity index (χ4n) is 1.49. The van der Waals surface area contributed by atoms with Crippen LogP contribution in [0.4, 0.5) is 0 Å². The molecule has 14 heavy (non-hydrogen) atoms. The molecule has 1 amide bonds. The number of hydrogen-bond donors (Lipinski definition) is 1. The number of hydrogen-bond acceptors (Lipinski definition) is 2. The van der Waals surface area contributed by atoms with Gasteiger partial charge in [-0.1, -0.05) is 13.8 Å². The predicted molar refractivity (Wildman–Crippen MR) is 63.4 cm³/mol. The Kier molecular flexibility index (Phi) is 8.60. The zero-order valence-corrected chi connectivity index (χ0v) is 10.6. The second kappa shape index (κ2) is 7.32. The Balaban J connectivity index is 0. The number of rotatable bonds is 2. The summed E-state index contributed by atoms with van der Waals surface area (Å²) in [6, 6.07) is 0.475. The molecule has 0 spiro atoms. The monoisotopic (exact) mass is 242 g/mol. The standard InChI is InChI=1S/C9H18N2O.2ClH/c1-4-11-6-8(7(2)3)10-5-9(11)12;;/h7-8,10H,4-6H2,1-3H3;2*1H/t8-;;/m0../s1. The summed E-state index contributed by atoms with van der Waals surface area (Å²) in [7, 11) is 0. The van der Waals surface area contributed by atoms with E-state index in [1.54, 1.807) is 0 Å². The van der Waals surface area contributed by atoms with Gasteiger partial charge in [0.25, 0.3) is 0 Å². The highest BCUT2D eigenvalue weighted by atomic mass is 35.5. The largest absolute Gasteiger partial charge is 0.340 e. The molecule has 1 atom stereocenters. The number of amides is 1. The zero-order valence-electron chi connectivity index (χ0n) is 8.95. The summed E-state index contributed by atoms with van der Waals surface area (Å²) < 4.78 is 0. The average molecular weight is 243 g/mol. The number of piperazine rings is 1. The van der Waals surface area contributed by atoms with Gasteiger partial charge < -0.3 is 10.2 Å². The van der Waals surface area contributed by atoms with E-state index in [0.29, 0.717) is 18.5 Å². The third kappa shape index (κ3) is 4.03. The summed E-state index contributed by atoms with van der Waals surface area (Å²) in [4.78, 5) is 13.2. The van der Waals surface area contributed by atoms with Gasteiger partial charge in [-0.05, 0) is 12.8 Å². The molecule has 3 nitrogen and oxygen atoms in total. The van der Waals surface area contributed by atoms with Gasteiger partial charge in [0.1, 0.15) is 0 Å². The molecule has 0 aliphatic carbocycles. The van der Waals surface area contributed by atoms with Crippen molar-refractivity contribution in [2.24, 2.45) is 5.92 Å². The first-order valence-corrected chi connectivity index (χ1v) is 4.66. The Morgan fingerprint density at radius 3 is 2.50 bits per heavy atom. The van der Waals surface area contributed by atoms with Gasteiger partial charge in [0.2, 0.25) is 5.91 Å². The van der Waals surface area contributed by atoms with E-state index in [1.165, 1.54) is 0 Å².